The molecule has 1 saturated carbocycles. The third-order valence-corrected chi connectivity index (χ3v) is 5.68. The highest BCUT2D eigenvalue weighted by Crippen LogP contribution is 2.40. The predicted molar refractivity (Wildman–Crippen MR) is 99.4 cm³/mol. The maximum absolute atomic E-state index is 10.4. The average molecular weight is 375 g/mol. The van der Waals surface area contributed by atoms with Gasteiger partial charge in [0.15, 0.2) is 0 Å². The minimum absolute atomic E-state index is 0.217. The molecule has 4 rings (SSSR count). The van der Waals surface area contributed by atoms with Crippen LogP contribution in [0.15, 0.2) is 42.7 Å². The normalized spacial score (nSPS) is 26.6. The Balaban J connectivity index is 1.28. The van der Waals surface area contributed by atoms with E-state index in [-0.39, 0.29) is 11.9 Å². The zero-order chi connectivity index (χ0) is 18.1. The quantitative estimate of drug-likeness (QED) is 0.840. The summed E-state index contributed by atoms with van der Waals surface area (Å²) in [4.78, 5) is 6.41. The first-order valence-corrected chi connectivity index (χ1v) is 9.41. The number of likely N-dealkylation sites (tertiary alicyclic amines) is 1. The molecule has 1 aromatic heterocycles. The molecule has 26 heavy (non-hydrogen) atoms. The van der Waals surface area contributed by atoms with Crippen molar-refractivity contribution in [1.82, 2.24) is 9.88 Å². The van der Waals surface area contributed by atoms with Crippen molar-refractivity contribution in [1.29, 1.82) is 0 Å². The summed E-state index contributed by atoms with van der Waals surface area (Å²) in [6.45, 7) is 2.61. The average Bonchev–Trinajstić information content (AvgIpc) is 3.13. The summed E-state index contributed by atoms with van der Waals surface area (Å²) in [5.41, 5.74) is 0.842. The van der Waals surface area contributed by atoms with E-state index in [0.717, 1.165) is 37.2 Å². The van der Waals surface area contributed by atoms with Gasteiger partial charge in [-0.05, 0) is 42.4 Å². The molecular formula is C20H23ClN2O3. The molecule has 2 fully saturated rings. The number of aromatic nitrogens is 1. The van der Waals surface area contributed by atoms with Gasteiger partial charge in [-0.2, -0.15) is 0 Å². The number of β-amino-alcohol motifs (C(OH)–C–C–N with tert-alkyl or cyclic N) is 1. The summed E-state index contributed by atoms with van der Waals surface area (Å²) >= 11 is 5.97. The lowest BCUT2D eigenvalue weighted by molar-refractivity contribution is 0.116. The zero-order valence-corrected chi connectivity index (χ0v) is 15.2. The van der Waals surface area contributed by atoms with Crippen molar-refractivity contribution in [3.63, 3.8) is 0 Å². The molecule has 5 nitrogen and oxygen atoms in total. The van der Waals surface area contributed by atoms with E-state index in [1.54, 1.807) is 36.7 Å². The van der Waals surface area contributed by atoms with Crippen LogP contribution in [-0.4, -0.2) is 45.8 Å². The highest BCUT2D eigenvalue weighted by molar-refractivity contribution is 6.30. The zero-order valence-electron chi connectivity index (χ0n) is 14.5. The number of halogens is 1. The molecule has 2 aromatic rings. The standard InChI is InChI=1S/C20H23ClN2O3/c21-16-7-19(9-22-8-16)26-18-5-14-10-23(11-15(14)6-18)12-20(25)13-1-3-17(24)4-2-13/h1-4,7-9,14-15,18,20,24-25H,5-6,10-12H2/t14-,15+,18-,20?. The van der Waals surface area contributed by atoms with Crippen LogP contribution in [-0.2, 0) is 0 Å². The molecule has 2 heterocycles. The molecule has 1 aromatic carbocycles. The summed E-state index contributed by atoms with van der Waals surface area (Å²) in [6.07, 6.45) is 5.06. The predicted octanol–water partition coefficient (Wildman–Crippen LogP) is 3.26. The Bertz CT molecular complexity index is 741. The maximum atomic E-state index is 10.4. The minimum atomic E-state index is -0.529. The van der Waals surface area contributed by atoms with Gasteiger partial charge < -0.3 is 14.9 Å². The van der Waals surface area contributed by atoms with Gasteiger partial charge in [-0.15, -0.1) is 0 Å². The van der Waals surface area contributed by atoms with E-state index in [0.29, 0.717) is 23.4 Å². The number of benzene rings is 1. The second-order valence-corrected chi connectivity index (χ2v) is 7.83. The van der Waals surface area contributed by atoms with E-state index in [1.807, 2.05) is 6.07 Å². The fourth-order valence-electron chi connectivity index (χ4n) is 4.28. The largest absolute Gasteiger partial charge is 0.508 e. The second-order valence-electron chi connectivity index (χ2n) is 7.40. The van der Waals surface area contributed by atoms with Crippen LogP contribution in [0.1, 0.15) is 24.5 Å². The van der Waals surface area contributed by atoms with Crippen LogP contribution in [0.3, 0.4) is 0 Å². The monoisotopic (exact) mass is 374 g/mol. The van der Waals surface area contributed by atoms with Crippen LogP contribution in [0.2, 0.25) is 5.02 Å². The van der Waals surface area contributed by atoms with E-state index < -0.39 is 6.10 Å². The van der Waals surface area contributed by atoms with Crippen molar-refractivity contribution in [2.75, 3.05) is 19.6 Å². The fourth-order valence-corrected chi connectivity index (χ4v) is 4.45. The van der Waals surface area contributed by atoms with Crippen LogP contribution in [0.25, 0.3) is 0 Å². The molecule has 4 atom stereocenters. The lowest BCUT2D eigenvalue weighted by Gasteiger charge is -2.22. The van der Waals surface area contributed by atoms with Crippen molar-refractivity contribution >= 4 is 11.6 Å². The molecule has 0 amide bonds. The summed E-state index contributed by atoms with van der Waals surface area (Å²) in [5, 5.41) is 20.4. The highest BCUT2D eigenvalue weighted by Gasteiger charge is 2.42. The minimum Gasteiger partial charge on any atom is -0.508 e. The molecule has 1 unspecified atom stereocenters. The topological polar surface area (TPSA) is 65.8 Å². The molecule has 1 aliphatic heterocycles. The summed E-state index contributed by atoms with van der Waals surface area (Å²) in [5.74, 6) is 2.18. The molecule has 1 saturated heterocycles. The number of aliphatic hydroxyl groups is 1. The first-order valence-electron chi connectivity index (χ1n) is 9.03. The molecule has 138 valence electrons. The summed E-state index contributed by atoms with van der Waals surface area (Å²) in [7, 11) is 0. The van der Waals surface area contributed by atoms with Crippen molar-refractivity contribution in [3.05, 3.63) is 53.3 Å². The molecule has 0 spiro atoms. The molecule has 2 N–H and O–H groups in total. The number of aromatic hydroxyl groups is 1. The van der Waals surface area contributed by atoms with Crippen molar-refractivity contribution in [3.8, 4) is 11.5 Å². The second kappa shape index (κ2) is 7.43. The Morgan fingerprint density at radius 1 is 1.15 bits per heavy atom. The third kappa shape index (κ3) is 3.95. The maximum Gasteiger partial charge on any atom is 0.139 e. The molecule has 1 aliphatic carbocycles. The first-order chi connectivity index (χ1) is 12.6. The smallest absolute Gasteiger partial charge is 0.139 e. The van der Waals surface area contributed by atoms with Gasteiger partial charge in [0.2, 0.25) is 0 Å². The first kappa shape index (κ1) is 17.6. The molecule has 0 bridgehead atoms. The van der Waals surface area contributed by atoms with Gasteiger partial charge in [0.1, 0.15) is 11.5 Å². The number of fused-ring (bicyclic) bond motifs is 1. The van der Waals surface area contributed by atoms with Gasteiger partial charge in [0, 0.05) is 31.9 Å². The van der Waals surface area contributed by atoms with Crippen LogP contribution in [0, 0.1) is 11.8 Å². The number of ether oxygens (including phenoxy) is 1. The Morgan fingerprint density at radius 3 is 2.50 bits per heavy atom. The Kier molecular flexibility index (Phi) is 5.02. The SMILES string of the molecule is Oc1ccc(C(O)CN2C[C@H]3C[C@@H](Oc4cncc(Cl)c4)C[C@H]3C2)cc1. The number of hydrogen-bond acceptors (Lipinski definition) is 5. The lowest BCUT2D eigenvalue weighted by atomic mass is 10.0. The van der Waals surface area contributed by atoms with Crippen LogP contribution in [0.4, 0.5) is 0 Å². The van der Waals surface area contributed by atoms with Gasteiger partial charge in [-0.3, -0.25) is 9.88 Å². The van der Waals surface area contributed by atoms with Gasteiger partial charge in [-0.25, -0.2) is 0 Å². The Hall–Kier alpha value is -1.82. The molecular weight excluding hydrogens is 352 g/mol. The van der Waals surface area contributed by atoms with E-state index in [1.165, 1.54) is 0 Å². The molecule has 2 aliphatic rings. The van der Waals surface area contributed by atoms with E-state index in [4.69, 9.17) is 16.3 Å². The lowest BCUT2D eigenvalue weighted by Crippen LogP contribution is -2.28. The van der Waals surface area contributed by atoms with Crippen molar-refractivity contribution < 1.29 is 14.9 Å². The van der Waals surface area contributed by atoms with Gasteiger partial charge in [0.05, 0.1) is 23.4 Å². The number of nitrogens with zero attached hydrogens (tertiary/aromatic N) is 2. The Labute approximate surface area is 158 Å². The van der Waals surface area contributed by atoms with Crippen LogP contribution >= 0.6 is 11.6 Å². The fraction of sp³-hybridized carbons (Fsp3) is 0.450. The highest BCUT2D eigenvalue weighted by atomic mass is 35.5. The summed E-state index contributed by atoms with van der Waals surface area (Å²) < 4.78 is 6.05. The van der Waals surface area contributed by atoms with E-state index in [9.17, 15) is 10.2 Å². The molecule has 0 radical (unpaired) electrons. The Morgan fingerprint density at radius 2 is 1.85 bits per heavy atom. The van der Waals surface area contributed by atoms with E-state index >= 15 is 0 Å². The number of rotatable bonds is 5. The van der Waals surface area contributed by atoms with Crippen molar-refractivity contribution in [2.45, 2.75) is 25.0 Å². The number of aliphatic hydroxyl groups excluding tert-OH is 1. The van der Waals surface area contributed by atoms with Crippen LogP contribution < -0.4 is 4.74 Å². The number of phenolic OH excluding ortho intramolecular Hbond substituents is 1. The van der Waals surface area contributed by atoms with Crippen molar-refractivity contribution in [2.24, 2.45) is 11.8 Å². The van der Waals surface area contributed by atoms with Gasteiger partial charge >= 0.3 is 0 Å². The number of phenols is 1. The summed E-state index contributed by atoms with van der Waals surface area (Å²) in [6, 6.07) is 8.59. The number of hydrogen-bond donors (Lipinski definition) is 2. The van der Waals surface area contributed by atoms with Gasteiger partial charge in [0.25, 0.3) is 0 Å². The van der Waals surface area contributed by atoms with Crippen LogP contribution in [0.5, 0.6) is 11.5 Å². The third-order valence-electron chi connectivity index (χ3n) is 5.47. The van der Waals surface area contributed by atoms with E-state index in [2.05, 4.69) is 9.88 Å². The molecule has 6 heteroatoms. The van der Waals surface area contributed by atoms with Gasteiger partial charge in [-0.1, -0.05) is 23.7 Å². The number of pyridine rings is 1.